The Morgan fingerprint density at radius 1 is 1.35 bits per heavy atom. The number of amides is 1. The van der Waals surface area contributed by atoms with Gasteiger partial charge in [-0.25, -0.2) is 0 Å². The molecule has 0 aliphatic rings. The van der Waals surface area contributed by atoms with E-state index >= 15 is 0 Å². The number of nitrogens with zero attached hydrogens (tertiary/aromatic N) is 2. The Bertz CT molecular complexity index is 614. The Hall–Kier alpha value is -1.66. The van der Waals surface area contributed by atoms with Gasteiger partial charge in [-0.2, -0.15) is 0 Å². The molecule has 5 nitrogen and oxygen atoms in total. The van der Waals surface area contributed by atoms with Crippen LogP contribution >= 0.6 is 22.9 Å². The molecular formula is C13H15ClN4OS. The van der Waals surface area contributed by atoms with E-state index in [2.05, 4.69) is 20.8 Å². The minimum absolute atomic E-state index is 0.248. The van der Waals surface area contributed by atoms with E-state index in [1.54, 1.807) is 18.2 Å². The minimum atomic E-state index is -0.248. The third kappa shape index (κ3) is 3.46. The summed E-state index contributed by atoms with van der Waals surface area (Å²) in [5, 5.41) is 15.7. The third-order valence-electron chi connectivity index (χ3n) is 2.58. The van der Waals surface area contributed by atoms with Crippen molar-refractivity contribution in [3.63, 3.8) is 0 Å². The fourth-order valence-corrected chi connectivity index (χ4v) is 2.51. The first-order valence-electron chi connectivity index (χ1n) is 6.31. The largest absolute Gasteiger partial charge is 0.385 e. The SMILES string of the molecule is CCNc1ccc(Cl)cc1C(=O)Nc1nnc(CC)s1. The molecule has 2 rings (SSSR count). The molecule has 0 aliphatic heterocycles. The molecule has 0 aliphatic carbocycles. The van der Waals surface area contributed by atoms with Crippen molar-refractivity contribution in [3.8, 4) is 0 Å². The lowest BCUT2D eigenvalue weighted by atomic mass is 10.1. The van der Waals surface area contributed by atoms with Gasteiger partial charge < -0.3 is 5.32 Å². The summed E-state index contributed by atoms with van der Waals surface area (Å²) < 4.78 is 0. The molecule has 0 fully saturated rings. The first-order valence-corrected chi connectivity index (χ1v) is 7.50. The third-order valence-corrected chi connectivity index (χ3v) is 3.80. The Morgan fingerprint density at radius 3 is 2.80 bits per heavy atom. The number of anilines is 2. The van der Waals surface area contributed by atoms with Crippen molar-refractivity contribution in [2.75, 3.05) is 17.2 Å². The topological polar surface area (TPSA) is 66.9 Å². The summed E-state index contributed by atoms with van der Waals surface area (Å²) in [5.41, 5.74) is 1.24. The van der Waals surface area contributed by atoms with Gasteiger partial charge in [0.25, 0.3) is 5.91 Å². The normalized spacial score (nSPS) is 10.3. The van der Waals surface area contributed by atoms with Gasteiger partial charge >= 0.3 is 0 Å². The summed E-state index contributed by atoms with van der Waals surface area (Å²) in [7, 11) is 0. The van der Waals surface area contributed by atoms with Crippen molar-refractivity contribution in [2.24, 2.45) is 0 Å². The molecular weight excluding hydrogens is 296 g/mol. The van der Waals surface area contributed by atoms with Crippen molar-refractivity contribution >= 4 is 39.7 Å². The maximum absolute atomic E-state index is 12.3. The summed E-state index contributed by atoms with van der Waals surface area (Å²) in [6, 6.07) is 5.17. The number of hydrogen-bond acceptors (Lipinski definition) is 5. The van der Waals surface area contributed by atoms with E-state index in [9.17, 15) is 4.79 Å². The number of halogens is 1. The van der Waals surface area contributed by atoms with Crippen LogP contribution in [0.4, 0.5) is 10.8 Å². The molecule has 0 radical (unpaired) electrons. The second-order valence-corrected chi connectivity index (χ2v) is 5.53. The van der Waals surface area contributed by atoms with E-state index in [1.165, 1.54) is 11.3 Å². The monoisotopic (exact) mass is 310 g/mol. The van der Waals surface area contributed by atoms with Gasteiger partial charge in [-0.05, 0) is 31.5 Å². The number of aromatic nitrogens is 2. The second kappa shape index (κ2) is 6.67. The molecule has 0 atom stereocenters. The number of hydrogen-bond donors (Lipinski definition) is 2. The number of rotatable bonds is 5. The molecule has 0 bridgehead atoms. The van der Waals surface area contributed by atoms with Gasteiger partial charge in [0.05, 0.1) is 5.56 Å². The van der Waals surface area contributed by atoms with E-state index in [4.69, 9.17) is 11.6 Å². The number of carbonyl (C=O) groups is 1. The quantitative estimate of drug-likeness (QED) is 0.887. The van der Waals surface area contributed by atoms with E-state index in [1.807, 2.05) is 13.8 Å². The van der Waals surface area contributed by atoms with Crippen LogP contribution in [0, 0.1) is 0 Å². The smallest absolute Gasteiger partial charge is 0.259 e. The minimum Gasteiger partial charge on any atom is -0.385 e. The van der Waals surface area contributed by atoms with E-state index in [0.717, 1.165) is 23.7 Å². The van der Waals surface area contributed by atoms with Gasteiger partial charge in [-0.3, -0.25) is 10.1 Å². The zero-order chi connectivity index (χ0) is 14.5. The molecule has 7 heteroatoms. The van der Waals surface area contributed by atoms with Gasteiger partial charge in [0.1, 0.15) is 5.01 Å². The molecule has 0 spiro atoms. The van der Waals surface area contributed by atoms with Crippen LogP contribution in [0.3, 0.4) is 0 Å². The van der Waals surface area contributed by atoms with Crippen molar-refractivity contribution in [3.05, 3.63) is 33.8 Å². The Morgan fingerprint density at radius 2 is 2.15 bits per heavy atom. The highest BCUT2D eigenvalue weighted by molar-refractivity contribution is 7.15. The van der Waals surface area contributed by atoms with Crippen LogP contribution in [-0.4, -0.2) is 22.6 Å². The van der Waals surface area contributed by atoms with Crippen LogP contribution < -0.4 is 10.6 Å². The van der Waals surface area contributed by atoms with Gasteiger partial charge in [-0.15, -0.1) is 10.2 Å². The standard InChI is InChI=1S/C13H15ClN4OS/c1-3-11-17-18-13(20-11)16-12(19)9-7-8(14)5-6-10(9)15-4-2/h5-7,15H,3-4H2,1-2H3,(H,16,18,19). The fraction of sp³-hybridized carbons (Fsp3) is 0.308. The summed E-state index contributed by atoms with van der Waals surface area (Å²) in [6.07, 6.45) is 0.799. The highest BCUT2D eigenvalue weighted by Crippen LogP contribution is 2.23. The molecule has 0 saturated heterocycles. The lowest BCUT2D eigenvalue weighted by Crippen LogP contribution is -2.14. The molecule has 1 aromatic heterocycles. The summed E-state index contributed by atoms with van der Waals surface area (Å²) >= 11 is 7.33. The van der Waals surface area contributed by atoms with Gasteiger partial charge in [0, 0.05) is 17.3 Å². The van der Waals surface area contributed by atoms with Crippen LogP contribution in [0.15, 0.2) is 18.2 Å². The van der Waals surface area contributed by atoms with E-state index in [0.29, 0.717) is 15.7 Å². The molecule has 2 aromatic rings. The van der Waals surface area contributed by atoms with E-state index in [-0.39, 0.29) is 5.91 Å². The second-order valence-electron chi connectivity index (χ2n) is 4.03. The summed E-state index contributed by atoms with van der Waals surface area (Å²) in [4.78, 5) is 12.3. The average molecular weight is 311 g/mol. The maximum atomic E-state index is 12.3. The number of benzene rings is 1. The average Bonchev–Trinajstić information content (AvgIpc) is 2.88. The molecule has 1 heterocycles. The summed E-state index contributed by atoms with van der Waals surface area (Å²) in [5.74, 6) is -0.248. The Balaban J connectivity index is 2.21. The molecule has 0 saturated carbocycles. The Kier molecular flexibility index (Phi) is 4.92. The van der Waals surface area contributed by atoms with Crippen molar-refractivity contribution in [1.82, 2.24) is 10.2 Å². The van der Waals surface area contributed by atoms with Crippen molar-refractivity contribution in [1.29, 1.82) is 0 Å². The van der Waals surface area contributed by atoms with Crippen LogP contribution in [0.2, 0.25) is 5.02 Å². The fourth-order valence-electron chi connectivity index (χ4n) is 1.66. The molecule has 0 unspecified atom stereocenters. The van der Waals surface area contributed by atoms with Gasteiger partial charge in [-0.1, -0.05) is 29.9 Å². The van der Waals surface area contributed by atoms with Crippen LogP contribution in [0.25, 0.3) is 0 Å². The molecule has 1 aromatic carbocycles. The van der Waals surface area contributed by atoms with E-state index < -0.39 is 0 Å². The molecule has 1 amide bonds. The predicted octanol–water partition coefficient (Wildman–Crippen LogP) is 3.44. The van der Waals surface area contributed by atoms with Crippen LogP contribution in [0.1, 0.15) is 29.2 Å². The predicted molar refractivity (Wildman–Crippen MR) is 82.9 cm³/mol. The lowest BCUT2D eigenvalue weighted by molar-refractivity contribution is 0.102. The molecule has 20 heavy (non-hydrogen) atoms. The first kappa shape index (κ1) is 14.7. The zero-order valence-corrected chi connectivity index (χ0v) is 12.8. The Labute approximate surface area is 126 Å². The first-order chi connectivity index (χ1) is 9.63. The highest BCUT2D eigenvalue weighted by Gasteiger charge is 2.14. The number of carbonyl (C=O) groups excluding carboxylic acids is 1. The summed E-state index contributed by atoms with van der Waals surface area (Å²) in [6.45, 7) is 4.68. The van der Waals surface area contributed by atoms with Crippen molar-refractivity contribution < 1.29 is 4.79 Å². The molecule has 106 valence electrons. The van der Waals surface area contributed by atoms with Crippen LogP contribution in [0.5, 0.6) is 0 Å². The van der Waals surface area contributed by atoms with Gasteiger partial charge in [0.2, 0.25) is 5.13 Å². The van der Waals surface area contributed by atoms with Crippen molar-refractivity contribution in [2.45, 2.75) is 20.3 Å². The van der Waals surface area contributed by atoms with Gasteiger partial charge in [0.15, 0.2) is 0 Å². The number of nitrogens with one attached hydrogen (secondary N) is 2. The number of aryl methyl sites for hydroxylation is 1. The molecule has 2 N–H and O–H groups in total. The lowest BCUT2D eigenvalue weighted by Gasteiger charge is -2.10. The maximum Gasteiger partial charge on any atom is 0.259 e. The highest BCUT2D eigenvalue weighted by atomic mass is 35.5. The van der Waals surface area contributed by atoms with Crippen LogP contribution in [-0.2, 0) is 6.42 Å². The zero-order valence-electron chi connectivity index (χ0n) is 11.2.